The van der Waals surface area contributed by atoms with Crippen LogP contribution in [0, 0.1) is 5.92 Å². The molecule has 1 N–H and O–H groups in total. The molecule has 4 heteroatoms. The second kappa shape index (κ2) is 7.92. The van der Waals surface area contributed by atoms with Crippen molar-refractivity contribution in [1.82, 2.24) is 10.2 Å². The molecule has 20 heavy (non-hydrogen) atoms. The topological polar surface area (TPSA) is 15.3 Å². The molecule has 0 aromatic heterocycles. The molecule has 1 saturated heterocycles. The van der Waals surface area contributed by atoms with Crippen LogP contribution in [0.3, 0.4) is 0 Å². The molecule has 2 nitrogen and oxygen atoms in total. The Balaban J connectivity index is 1.84. The number of hydrogen-bond donors (Lipinski definition) is 1. The van der Waals surface area contributed by atoms with Crippen molar-refractivity contribution in [3.8, 4) is 0 Å². The van der Waals surface area contributed by atoms with Crippen LogP contribution < -0.4 is 5.32 Å². The Kier molecular flexibility index (Phi) is 6.53. The smallest absolute Gasteiger partial charge is 0.0320 e. The highest BCUT2D eigenvalue weighted by Crippen LogP contribution is 2.24. The summed E-state index contributed by atoms with van der Waals surface area (Å²) in [4.78, 5) is 2.65. The van der Waals surface area contributed by atoms with E-state index in [1.165, 1.54) is 31.5 Å². The highest BCUT2D eigenvalue weighted by molar-refractivity contribution is 9.13. The van der Waals surface area contributed by atoms with Crippen molar-refractivity contribution in [2.24, 2.45) is 5.92 Å². The lowest BCUT2D eigenvalue weighted by Gasteiger charge is -2.31. The van der Waals surface area contributed by atoms with Crippen molar-refractivity contribution in [2.45, 2.75) is 39.3 Å². The molecule has 1 aliphatic heterocycles. The Hall–Kier alpha value is 0.1000. The van der Waals surface area contributed by atoms with Crippen molar-refractivity contribution >= 4 is 31.9 Å². The van der Waals surface area contributed by atoms with E-state index in [2.05, 4.69) is 74.1 Å². The fraction of sp³-hybridized carbons (Fsp3) is 0.625. The molecule has 1 heterocycles. The van der Waals surface area contributed by atoms with Crippen molar-refractivity contribution in [2.75, 3.05) is 19.6 Å². The number of halogens is 2. The molecular weight excluding hydrogens is 380 g/mol. The van der Waals surface area contributed by atoms with E-state index in [0.717, 1.165) is 22.0 Å². The number of likely N-dealkylation sites (tertiary alicyclic amines) is 1. The van der Waals surface area contributed by atoms with Crippen LogP contribution in [0.5, 0.6) is 0 Å². The van der Waals surface area contributed by atoms with Gasteiger partial charge in [0.2, 0.25) is 0 Å². The van der Waals surface area contributed by atoms with Crippen molar-refractivity contribution < 1.29 is 0 Å². The highest BCUT2D eigenvalue weighted by atomic mass is 79.9. The molecule has 1 fully saturated rings. The standard InChI is InChI=1S/C16H24Br2N2/c1-12(2)16(20-7-3-4-8-20)11-19-10-13-5-6-14(17)15(18)9-13/h5-6,9,12,16,19H,3-4,7-8,10-11H2,1-2H3. The van der Waals surface area contributed by atoms with Crippen LogP contribution >= 0.6 is 31.9 Å². The van der Waals surface area contributed by atoms with Gasteiger partial charge in [0.05, 0.1) is 0 Å². The minimum Gasteiger partial charge on any atom is -0.311 e. The Morgan fingerprint density at radius 3 is 2.45 bits per heavy atom. The highest BCUT2D eigenvalue weighted by Gasteiger charge is 2.23. The van der Waals surface area contributed by atoms with E-state index in [9.17, 15) is 0 Å². The molecule has 112 valence electrons. The molecule has 1 aliphatic rings. The average Bonchev–Trinajstić information content (AvgIpc) is 2.92. The summed E-state index contributed by atoms with van der Waals surface area (Å²) < 4.78 is 2.23. The predicted molar refractivity (Wildman–Crippen MR) is 93.0 cm³/mol. The summed E-state index contributed by atoms with van der Waals surface area (Å²) in [5, 5.41) is 3.63. The van der Waals surface area contributed by atoms with Gasteiger partial charge >= 0.3 is 0 Å². The second-order valence-electron chi connectivity index (χ2n) is 5.93. The molecule has 0 spiro atoms. The lowest BCUT2D eigenvalue weighted by atomic mass is 10.0. The molecule has 1 aromatic carbocycles. The second-order valence-corrected chi connectivity index (χ2v) is 7.64. The van der Waals surface area contributed by atoms with Gasteiger partial charge in [0.1, 0.15) is 0 Å². The third kappa shape index (κ3) is 4.55. The molecule has 1 unspecified atom stereocenters. The van der Waals surface area contributed by atoms with Gasteiger partial charge in [0, 0.05) is 28.1 Å². The van der Waals surface area contributed by atoms with Crippen molar-refractivity contribution in [3.63, 3.8) is 0 Å². The van der Waals surface area contributed by atoms with E-state index in [0.29, 0.717) is 12.0 Å². The Bertz CT molecular complexity index is 428. The summed E-state index contributed by atoms with van der Waals surface area (Å²) in [6, 6.07) is 7.11. The van der Waals surface area contributed by atoms with Gasteiger partial charge in [-0.1, -0.05) is 19.9 Å². The summed E-state index contributed by atoms with van der Waals surface area (Å²) in [6.45, 7) is 9.22. The van der Waals surface area contributed by atoms with E-state index in [-0.39, 0.29) is 0 Å². The zero-order chi connectivity index (χ0) is 14.5. The zero-order valence-corrected chi connectivity index (χ0v) is 15.5. The fourth-order valence-electron chi connectivity index (χ4n) is 2.87. The minimum atomic E-state index is 0.663. The number of nitrogens with zero attached hydrogens (tertiary/aromatic N) is 1. The van der Waals surface area contributed by atoms with Crippen molar-refractivity contribution in [3.05, 3.63) is 32.7 Å². The molecule has 0 bridgehead atoms. The monoisotopic (exact) mass is 402 g/mol. The van der Waals surface area contributed by atoms with Crippen LogP contribution in [-0.4, -0.2) is 30.6 Å². The number of nitrogens with one attached hydrogen (secondary N) is 1. The predicted octanol–water partition coefficient (Wildman–Crippen LogP) is 4.42. The fourth-order valence-corrected chi connectivity index (χ4v) is 3.55. The Morgan fingerprint density at radius 2 is 1.85 bits per heavy atom. The van der Waals surface area contributed by atoms with Crippen molar-refractivity contribution in [1.29, 1.82) is 0 Å². The first-order chi connectivity index (χ1) is 9.58. The molecule has 2 rings (SSSR count). The van der Waals surface area contributed by atoms with E-state index < -0.39 is 0 Å². The van der Waals surface area contributed by atoms with Crippen LogP contribution in [0.2, 0.25) is 0 Å². The van der Waals surface area contributed by atoms with E-state index >= 15 is 0 Å². The quantitative estimate of drug-likeness (QED) is 0.756. The van der Waals surface area contributed by atoms with Crippen LogP contribution in [0.4, 0.5) is 0 Å². The summed E-state index contributed by atoms with van der Waals surface area (Å²) >= 11 is 7.07. The summed E-state index contributed by atoms with van der Waals surface area (Å²) in [5.74, 6) is 0.706. The lowest BCUT2D eigenvalue weighted by molar-refractivity contribution is 0.186. The van der Waals surface area contributed by atoms with Crippen LogP contribution in [-0.2, 0) is 6.54 Å². The van der Waals surface area contributed by atoms with Gasteiger partial charge in [-0.2, -0.15) is 0 Å². The van der Waals surface area contributed by atoms with E-state index in [1.807, 2.05) is 0 Å². The maximum atomic E-state index is 3.63. The Morgan fingerprint density at radius 1 is 1.15 bits per heavy atom. The van der Waals surface area contributed by atoms with E-state index in [1.54, 1.807) is 0 Å². The largest absolute Gasteiger partial charge is 0.311 e. The normalized spacial score (nSPS) is 17.9. The maximum absolute atomic E-state index is 3.63. The first-order valence-electron chi connectivity index (χ1n) is 7.46. The number of hydrogen-bond acceptors (Lipinski definition) is 2. The van der Waals surface area contributed by atoms with Crippen LogP contribution in [0.15, 0.2) is 27.1 Å². The zero-order valence-electron chi connectivity index (χ0n) is 12.3. The number of rotatable bonds is 6. The van der Waals surface area contributed by atoms with Gasteiger partial charge in [-0.25, -0.2) is 0 Å². The van der Waals surface area contributed by atoms with Crippen LogP contribution in [0.1, 0.15) is 32.3 Å². The molecule has 0 amide bonds. The molecule has 1 aromatic rings. The molecule has 0 saturated carbocycles. The first kappa shape index (κ1) is 16.5. The molecular formula is C16H24Br2N2. The summed E-state index contributed by atoms with van der Waals surface area (Å²) in [6.07, 6.45) is 2.73. The van der Waals surface area contributed by atoms with Gasteiger partial charge in [-0.05, 0) is 81.4 Å². The van der Waals surface area contributed by atoms with Gasteiger partial charge in [-0.3, -0.25) is 4.90 Å². The van der Waals surface area contributed by atoms with Gasteiger partial charge in [-0.15, -0.1) is 0 Å². The average molecular weight is 404 g/mol. The summed E-state index contributed by atoms with van der Waals surface area (Å²) in [5.41, 5.74) is 1.32. The Labute approximate surface area is 139 Å². The van der Waals surface area contributed by atoms with Gasteiger partial charge in [0.15, 0.2) is 0 Å². The van der Waals surface area contributed by atoms with Gasteiger partial charge < -0.3 is 5.32 Å². The minimum absolute atomic E-state index is 0.663. The molecule has 0 radical (unpaired) electrons. The molecule has 0 aliphatic carbocycles. The summed E-state index contributed by atoms with van der Waals surface area (Å²) in [7, 11) is 0. The van der Waals surface area contributed by atoms with Crippen LogP contribution in [0.25, 0.3) is 0 Å². The van der Waals surface area contributed by atoms with Gasteiger partial charge in [0.25, 0.3) is 0 Å². The first-order valence-corrected chi connectivity index (χ1v) is 9.05. The van der Waals surface area contributed by atoms with E-state index in [4.69, 9.17) is 0 Å². The number of benzene rings is 1. The SMILES string of the molecule is CC(C)C(CNCc1ccc(Br)c(Br)c1)N1CCCC1. The maximum Gasteiger partial charge on any atom is 0.0320 e. The lowest BCUT2D eigenvalue weighted by Crippen LogP contribution is -2.44. The molecule has 1 atom stereocenters. The third-order valence-corrected chi connectivity index (χ3v) is 5.93. The third-order valence-electron chi connectivity index (χ3n) is 4.05.